The topological polar surface area (TPSA) is 126 Å². The van der Waals surface area contributed by atoms with Crippen molar-refractivity contribution >= 4 is 23.8 Å². The Morgan fingerprint density at radius 3 is 2.12 bits per heavy atom. The largest absolute Gasteiger partial charge is 0.463 e. The summed E-state index contributed by atoms with van der Waals surface area (Å²) in [7, 11) is 0. The maximum absolute atomic E-state index is 11.9. The summed E-state index contributed by atoms with van der Waals surface area (Å²) >= 11 is 0. The number of aryl methyl sites for hydroxylation is 1. The monoisotopic (exact) mass is 465 g/mol. The van der Waals surface area contributed by atoms with Crippen molar-refractivity contribution < 1.29 is 42.9 Å². The van der Waals surface area contributed by atoms with E-state index in [0.717, 1.165) is 12.0 Å². The van der Waals surface area contributed by atoms with E-state index in [4.69, 9.17) is 23.7 Å². The molecule has 1 aromatic rings. The van der Waals surface area contributed by atoms with Gasteiger partial charge < -0.3 is 29.0 Å². The molecule has 1 N–H and O–H groups in total. The molecule has 5 atom stereocenters. The fourth-order valence-electron chi connectivity index (χ4n) is 3.55. The van der Waals surface area contributed by atoms with Gasteiger partial charge in [0.1, 0.15) is 18.8 Å². The molecule has 0 spiro atoms. The number of amides is 1. The predicted octanol–water partition coefficient (Wildman–Crippen LogP) is 1.29. The van der Waals surface area contributed by atoms with Crippen LogP contribution in [0.1, 0.15) is 39.7 Å². The van der Waals surface area contributed by atoms with Gasteiger partial charge in [-0.25, -0.2) is 0 Å². The number of carbonyl (C=O) groups excluding carboxylic acids is 4. The minimum atomic E-state index is -1.13. The molecule has 0 aliphatic carbocycles. The standard InChI is InChI=1S/C23H31NO9/c1-14(25)24-20-22(32-17(4)28)21(31-16(3)27)19(13-30-15(2)26)33-23(20)29-12-8-11-18-9-6-5-7-10-18/h5-7,9-10,19-23H,8,11-13H2,1-4H3,(H,24,25)/t19-,20+,21+,22-,23-/m0/s1. The number of ether oxygens (including phenoxy) is 5. The molecule has 10 heteroatoms. The molecule has 182 valence electrons. The maximum atomic E-state index is 11.9. The normalized spacial score (nSPS) is 24.4. The summed E-state index contributed by atoms with van der Waals surface area (Å²) in [5.74, 6) is -2.28. The summed E-state index contributed by atoms with van der Waals surface area (Å²) in [4.78, 5) is 46.8. The molecule has 1 aromatic carbocycles. The molecule has 0 unspecified atom stereocenters. The molecule has 0 saturated carbocycles. The van der Waals surface area contributed by atoms with E-state index in [9.17, 15) is 19.2 Å². The van der Waals surface area contributed by atoms with Gasteiger partial charge in [0.2, 0.25) is 5.91 Å². The first kappa shape index (κ1) is 26.3. The predicted molar refractivity (Wildman–Crippen MR) is 115 cm³/mol. The highest BCUT2D eigenvalue weighted by Crippen LogP contribution is 2.28. The van der Waals surface area contributed by atoms with Gasteiger partial charge >= 0.3 is 17.9 Å². The Balaban J connectivity index is 2.21. The number of hydrogen-bond donors (Lipinski definition) is 1. The van der Waals surface area contributed by atoms with Crippen molar-refractivity contribution in [2.75, 3.05) is 13.2 Å². The van der Waals surface area contributed by atoms with Crippen LogP contribution in [0, 0.1) is 0 Å². The molecule has 2 rings (SSSR count). The fourth-order valence-corrected chi connectivity index (χ4v) is 3.55. The van der Waals surface area contributed by atoms with Crippen LogP contribution in [0.15, 0.2) is 30.3 Å². The lowest BCUT2D eigenvalue weighted by Gasteiger charge is -2.44. The molecule has 1 amide bonds. The Morgan fingerprint density at radius 1 is 0.909 bits per heavy atom. The molecule has 1 fully saturated rings. The highest BCUT2D eigenvalue weighted by atomic mass is 16.7. The minimum absolute atomic E-state index is 0.262. The van der Waals surface area contributed by atoms with E-state index in [-0.39, 0.29) is 13.2 Å². The second-order valence-electron chi connectivity index (χ2n) is 7.68. The van der Waals surface area contributed by atoms with Crippen LogP contribution in [0.3, 0.4) is 0 Å². The maximum Gasteiger partial charge on any atom is 0.303 e. The Hall–Kier alpha value is -2.98. The highest BCUT2D eigenvalue weighted by molar-refractivity contribution is 5.73. The molecule has 1 saturated heterocycles. The third-order valence-electron chi connectivity index (χ3n) is 4.81. The van der Waals surface area contributed by atoms with Gasteiger partial charge in [-0.2, -0.15) is 0 Å². The van der Waals surface area contributed by atoms with Gasteiger partial charge in [0, 0.05) is 27.7 Å². The molecular weight excluding hydrogens is 434 g/mol. The lowest BCUT2D eigenvalue weighted by atomic mass is 9.96. The molecule has 33 heavy (non-hydrogen) atoms. The quantitative estimate of drug-likeness (QED) is 0.309. The van der Waals surface area contributed by atoms with E-state index in [2.05, 4.69) is 5.32 Å². The number of esters is 3. The van der Waals surface area contributed by atoms with Crippen molar-refractivity contribution in [3.8, 4) is 0 Å². The van der Waals surface area contributed by atoms with Crippen LogP contribution in [-0.2, 0) is 49.3 Å². The number of carbonyl (C=O) groups is 4. The smallest absolute Gasteiger partial charge is 0.303 e. The third kappa shape index (κ3) is 8.82. The average Bonchev–Trinajstić information content (AvgIpc) is 2.73. The van der Waals surface area contributed by atoms with E-state index in [0.29, 0.717) is 6.42 Å². The van der Waals surface area contributed by atoms with Crippen molar-refractivity contribution in [2.45, 2.75) is 71.2 Å². The first-order valence-electron chi connectivity index (χ1n) is 10.7. The highest BCUT2D eigenvalue weighted by Gasteiger charge is 2.51. The summed E-state index contributed by atoms with van der Waals surface area (Å²) in [5, 5.41) is 2.67. The zero-order chi connectivity index (χ0) is 24.4. The lowest BCUT2D eigenvalue weighted by molar-refractivity contribution is -0.277. The Kier molecular flexibility index (Phi) is 10.3. The molecule has 0 aromatic heterocycles. The van der Waals surface area contributed by atoms with Crippen LogP contribution < -0.4 is 5.32 Å². The lowest BCUT2D eigenvalue weighted by Crippen LogP contribution is -2.66. The van der Waals surface area contributed by atoms with Crippen LogP contribution in [0.4, 0.5) is 0 Å². The van der Waals surface area contributed by atoms with Gasteiger partial charge in [-0.15, -0.1) is 0 Å². The van der Waals surface area contributed by atoms with Crippen LogP contribution >= 0.6 is 0 Å². The molecule has 0 radical (unpaired) electrons. The van der Waals surface area contributed by atoms with Gasteiger partial charge in [-0.1, -0.05) is 30.3 Å². The van der Waals surface area contributed by atoms with Crippen LogP contribution in [0.25, 0.3) is 0 Å². The third-order valence-corrected chi connectivity index (χ3v) is 4.81. The van der Waals surface area contributed by atoms with Crippen molar-refractivity contribution in [1.82, 2.24) is 5.32 Å². The number of rotatable bonds is 10. The Morgan fingerprint density at radius 2 is 1.55 bits per heavy atom. The molecule has 1 aliphatic rings. The van der Waals surface area contributed by atoms with E-state index >= 15 is 0 Å². The van der Waals surface area contributed by atoms with Crippen molar-refractivity contribution in [3.63, 3.8) is 0 Å². The summed E-state index contributed by atoms with van der Waals surface area (Å²) in [5.41, 5.74) is 1.14. The van der Waals surface area contributed by atoms with Crippen LogP contribution in [-0.4, -0.2) is 67.7 Å². The summed E-state index contributed by atoms with van der Waals surface area (Å²) in [6.07, 6.45) is -2.85. The molecular formula is C23H31NO9. The summed E-state index contributed by atoms with van der Waals surface area (Å²) in [6, 6.07) is 8.89. The van der Waals surface area contributed by atoms with Gasteiger partial charge in [-0.05, 0) is 18.4 Å². The first-order valence-corrected chi connectivity index (χ1v) is 10.7. The zero-order valence-corrected chi connectivity index (χ0v) is 19.3. The van der Waals surface area contributed by atoms with Crippen molar-refractivity contribution in [1.29, 1.82) is 0 Å². The van der Waals surface area contributed by atoms with E-state index in [1.54, 1.807) is 0 Å². The second-order valence-corrected chi connectivity index (χ2v) is 7.68. The Bertz CT molecular complexity index is 813. The van der Waals surface area contributed by atoms with Gasteiger partial charge in [0.25, 0.3) is 0 Å². The Labute approximate surface area is 192 Å². The number of benzene rings is 1. The van der Waals surface area contributed by atoms with Gasteiger partial charge in [0.15, 0.2) is 18.5 Å². The van der Waals surface area contributed by atoms with Gasteiger partial charge in [0.05, 0.1) is 6.61 Å². The van der Waals surface area contributed by atoms with Gasteiger partial charge in [-0.3, -0.25) is 19.2 Å². The summed E-state index contributed by atoms with van der Waals surface area (Å²) in [6.45, 7) is 4.92. The number of hydrogen-bond acceptors (Lipinski definition) is 9. The van der Waals surface area contributed by atoms with E-state index < -0.39 is 54.5 Å². The van der Waals surface area contributed by atoms with E-state index in [1.165, 1.54) is 27.7 Å². The molecule has 1 heterocycles. The number of nitrogens with one attached hydrogen (secondary N) is 1. The van der Waals surface area contributed by atoms with Crippen molar-refractivity contribution in [3.05, 3.63) is 35.9 Å². The van der Waals surface area contributed by atoms with E-state index in [1.807, 2.05) is 30.3 Å². The minimum Gasteiger partial charge on any atom is -0.463 e. The molecule has 0 bridgehead atoms. The zero-order valence-electron chi connectivity index (χ0n) is 19.3. The van der Waals surface area contributed by atoms with Crippen LogP contribution in [0.5, 0.6) is 0 Å². The average molecular weight is 465 g/mol. The second kappa shape index (κ2) is 12.9. The fraction of sp³-hybridized carbons (Fsp3) is 0.565. The first-order chi connectivity index (χ1) is 15.7. The van der Waals surface area contributed by atoms with Crippen LogP contribution in [0.2, 0.25) is 0 Å². The molecule has 1 aliphatic heterocycles. The van der Waals surface area contributed by atoms with Crippen molar-refractivity contribution in [2.24, 2.45) is 0 Å². The molecule has 10 nitrogen and oxygen atoms in total. The SMILES string of the molecule is CC(=O)N[C@H]1[C@@H](OCCCc2ccccc2)O[C@@H](COC(C)=O)[C@@H](OC(C)=O)[C@H]1OC(C)=O. The summed E-state index contributed by atoms with van der Waals surface area (Å²) < 4.78 is 27.7.